The lowest BCUT2D eigenvalue weighted by Crippen LogP contribution is -2.40. The van der Waals surface area contributed by atoms with Gasteiger partial charge in [0.05, 0.1) is 12.8 Å². The van der Waals surface area contributed by atoms with Gasteiger partial charge in [0.1, 0.15) is 18.0 Å². The Labute approximate surface area is 158 Å². The Hall–Kier alpha value is -4.01. The highest BCUT2D eigenvalue weighted by atomic mass is 16.5. The lowest BCUT2D eigenvalue weighted by Gasteiger charge is -2.11. The van der Waals surface area contributed by atoms with E-state index in [4.69, 9.17) is 9.26 Å². The average Bonchev–Trinajstić information content (AvgIpc) is 3.21. The molecule has 3 aromatic heterocycles. The topological polar surface area (TPSA) is 105 Å². The first-order valence-corrected chi connectivity index (χ1v) is 8.37. The maximum absolute atomic E-state index is 12.6. The zero-order valence-corrected chi connectivity index (χ0v) is 14.8. The Morgan fingerprint density at radius 1 is 1.04 bits per heavy atom. The van der Waals surface area contributed by atoms with Crippen LogP contribution in [0.4, 0.5) is 0 Å². The molecule has 28 heavy (non-hydrogen) atoms. The first kappa shape index (κ1) is 17.4. The molecule has 0 bridgehead atoms. The predicted molar refractivity (Wildman–Crippen MR) is 99.5 cm³/mol. The smallest absolute Gasteiger partial charge is 0.321 e. The van der Waals surface area contributed by atoms with Gasteiger partial charge in [0.15, 0.2) is 0 Å². The number of rotatable bonds is 5. The van der Waals surface area contributed by atoms with E-state index in [9.17, 15) is 9.59 Å². The summed E-state index contributed by atoms with van der Waals surface area (Å²) in [5.74, 6) is 0.988. The summed E-state index contributed by atoms with van der Waals surface area (Å²) in [6.07, 6.45) is 4.60. The Balaban J connectivity index is 1.66. The fourth-order valence-corrected chi connectivity index (χ4v) is 2.72. The van der Waals surface area contributed by atoms with Gasteiger partial charge >= 0.3 is 11.1 Å². The van der Waals surface area contributed by atoms with Crippen LogP contribution in [0.2, 0.25) is 0 Å². The van der Waals surface area contributed by atoms with E-state index in [1.165, 1.54) is 28.6 Å². The molecule has 0 atom stereocenters. The summed E-state index contributed by atoms with van der Waals surface area (Å²) in [4.78, 5) is 33.5. The largest absolute Gasteiger partial charge is 0.495 e. The van der Waals surface area contributed by atoms with Crippen LogP contribution >= 0.6 is 0 Å². The summed E-state index contributed by atoms with van der Waals surface area (Å²) in [7, 11) is 1.50. The number of para-hydroxylation sites is 2. The van der Waals surface area contributed by atoms with Crippen molar-refractivity contribution in [3.63, 3.8) is 0 Å². The lowest BCUT2D eigenvalue weighted by molar-refractivity contribution is 0.369. The number of hydrogen-bond donors (Lipinski definition) is 0. The Morgan fingerprint density at radius 3 is 2.64 bits per heavy atom. The van der Waals surface area contributed by atoms with Crippen LogP contribution in [-0.2, 0) is 6.54 Å². The molecule has 140 valence electrons. The molecule has 0 unspecified atom stereocenters. The van der Waals surface area contributed by atoms with Crippen LogP contribution in [0.3, 0.4) is 0 Å². The summed E-state index contributed by atoms with van der Waals surface area (Å²) in [5.41, 5.74) is -0.395. The van der Waals surface area contributed by atoms with Gasteiger partial charge in [0.2, 0.25) is 11.7 Å². The van der Waals surface area contributed by atoms with Crippen LogP contribution in [0.15, 0.2) is 75.2 Å². The van der Waals surface area contributed by atoms with Gasteiger partial charge in [-0.05, 0) is 24.3 Å². The molecule has 0 spiro atoms. The molecule has 0 saturated carbocycles. The summed E-state index contributed by atoms with van der Waals surface area (Å²) >= 11 is 0. The van der Waals surface area contributed by atoms with E-state index < -0.39 is 11.1 Å². The van der Waals surface area contributed by atoms with Gasteiger partial charge in [-0.3, -0.25) is 23.7 Å². The molecule has 1 aromatic carbocycles. The Morgan fingerprint density at radius 2 is 1.86 bits per heavy atom. The molecule has 0 radical (unpaired) electrons. The fourth-order valence-electron chi connectivity index (χ4n) is 2.72. The van der Waals surface area contributed by atoms with E-state index in [2.05, 4.69) is 15.1 Å². The second kappa shape index (κ2) is 7.31. The number of aromatic nitrogens is 5. The Bertz CT molecular complexity index is 1230. The average molecular weight is 377 g/mol. The third-order valence-corrected chi connectivity index (χ3v) is 4.07. The van der Waals surface area contributed by atoms with E-state index in [-0.39, 0.29) is 12.4 Å². The highest BCUT2D eigenvalue weighted by Crippen LogP contribution is 2.20. The van der Waals surface area contributed by atoms with Gasteiger partial charge in [-0.1, -0.05) is 23.4 Å². The third kappa shape index (κ3) is 3.20. The van der Waals surface area contributed by atoms with Crippen LogP contribution in [0.5, 0.6) is 5.75 Å². The summed E-state index contributed by atoms with van der Waals surface area (Å²) < 4.78 is 12.9. The summed E-state index contributed by atoms with van der Waals surface area (Å²) in [6.45, 7) is -0.0271. The van der Waals surface area contributed by atoms with Crippen molar-refractivity contribution >= 4 is 0 Å². The molecule has 9 heteroatoms. The lowest BCUT2D eigenvalue weighted by atomic mass is 10.3. The van der Waals surface area contributed by atoms with E-state index in [0.717, 1.165) is 0 Å². The maximum atomic E-state index is 12.6. The van der Waals surface area contributed by atoms with Crippen molar-refractivity contribution in [1.82, 2.24) is 24.3 Å². The van der Waals surface area contributed by atoms with Crippen molar-refractivity contribution in [3.8, 4) is 23.0 Å². The maximum Gasteiger partial charge on any atom is 0.321 e. The first-order valence-electron chi connectivity index (χ1n) is 8.37. The molecule has 0 aliphatic heterocycles. The van der Waals surface area contributed by atoms with Gasteiger partial charge in [0.25, 0.3) is 0 Å². The molecule has 0 saturated heterocycles. The number of methoxy groups -OCH3 is 1. The van der Waals surface area contributed by atoms with Crippen LogP contribution in [0.1, 0.15) is 5.89 Å². The zero-order chi connectivity index (χ0) is 19.5. The number of benzene rings is 1. The zero-order valence-electron chi connectivity index (χ0n) is 14.8. The fraction of sp³-hybridized carbons (Fsp3) is 0.105. The van der Waals surface area contributed by atoms with Crippen LogP contribution in [0.25, 0.3) is 17.2 Å². The molecule has 3 heterocycles. The van der Waals surface area contributed by atoms with Gasteiger partial charge in [-0.2, -0.15) is 4.98 Å². The van der Waals surface area contributed by atoms with Crippen LogP contribution in [-0.4, -0.2) is 31.4 Å². The molecule has 0 fully saturated rings. The van der Waals surface area contributed by atoms with Gasteiger partial charge < -0.3 is 9.26 Å². The molecular formula is C19H15N5O4. The normalized spacial score (nSPS) is 10.8. The molecule has 4 rings (SSSR count). The van der Waals surface area contributed by atoms with E-state index in [1.54, 1.807) is 48.7 Å². The standard InChI is InChI=1S/C19H15N5O4/c1-27-15-8-3-2-7-14(15)24-11-10-23(18(25)19(24)26)12-16-21-17(22-28-16)13-6-4-5-9-20-13/h2-11H,12H2,1H3. The van der Waals surface area contributed by atoms with Crippen molar-refractivity contribution in [3.05, 3.63) is 87.7 Å². The van der Waals surface area contributed by atoms with Gasteiger partial charge in [-0.25, -0.2) is 0 Å². The number of hydrogen-bond acceptors (Lipinski definition) is 7. The summed E-state index contributed by atoms with van der Waals surface area (Å²) in [6, 6.07) is 12.3. The molecule has 0 aliphatic rings. The second-order valence-electron chi connectivity index (χ2n) is 5.80. The minimum atomic E-state index is -0.717. The van der Waals surface area contributed by atoms with E-state index >= 15 is 0 Å². The van der Waals surface area contributed by atoms with Crippen molar-refractivity contribution in [1.29, 1.82) is 0 Å². The highest BCUT2D eigenvalue weighted by Gasteiger charge is 2.14. The van der Waals surface area contributed by atoms with Crippen molar-refractivity contribution in [2.24, 2.45) is 0 Å². The van der Waals surface area contributed by atoms with Crippen molar-refractivity contribution in [2.45, 2.75) is 6.54 Å². The first-order chi connectivity index (χ1) is 13.7. The minimum absolute atomic E-state index is 0.0271. The SMILES string of the molecule is COc1ccccc1-n1ccn(Cc2nc(-c3ccccn3)no2)c(=O)c1=O. The Kier molecular flexibility index (Phi) is 4.55. The number of ether oxygens (including phenoxy) is 1. The number of nitrogens with zero attached hydrogens (tertiary/aromatic N) is 5. The van der Waals surface area contributed by atoms with Crippen LogP contribution in [0, 0.1) is 0 Å². The molecule has 0 aliphatic carbocycles. The van der Waals surface area contributed by atoms with Gasteiger partial charge in [0, 0.05) is 18.6 Å². The van der Waals surface area contributed by atoms with Crippen LogP contribution < -0.4 is 15.9 Å². The molecule has 0 N–H and O–H groups in total. The van der Waals surface area contributed by atoms with E-state index in [0.29, 0.717) is 23.0 Å². The number of pyridine rings is 1. The highest BCUT2D eigenvalue weighted by molar-refractivity contribution is 5.47. The van der Waals surface area contributed by atoms with Crippen molar-refractivity contribution in [2.75, 3.05) is 7.11 Å². The predicted octanol–water partition coefficient (Wildman–Crippen LogP) is 1.50. The second-order valence-corrected chi connectivity index (χ2v) is 5.80. The third-order valence-electron chi connectivity index (χ3n) is 4.07. The summed E-state index contributed by atoms with van der Waals surface area (Å²) in [5, 5.41) is 3.86. The quantitative estimate of drug-likeness (QED) is 0.485. The van der Waals surface area contributed by atoms with Crippen molar-refractivity contribution < 1.29 is 9.26 Å². The monoisotopic (exact) mass is 377 g/mol. The van der Waals surface area contributed by atoms with E-state index in [1.807, 2.05) is 0 Å². The molecular weight excluding hydrogens is 362 g/mol. The minimum Gasteiger partial charge on any atom is -0.495 e. The molecule has 0 amide bonds. The molecule has 9 nitrogen and oxygen atoms in total. The van der Waals surface area contributed by atoms with Gasteiger partial charge in [-0.15, -0.1) is 0 Å². The molecule has 4 aromatic rings.